The highest BCUT2D eigenvalue weighted by atomic mass is 16.5. The van der Waals surface area contributed by atoms with Gasteiger partial charge in [-0.2, -0.15) is 0 Å². The number of ether oxygens (including phenoxy) is 1. The van der Waals surface area contributed by atoms with Gasteiger partial charge in [0.15, 0.2) is 0 Å². The maximum absolute atomic E-state index is 9.54. The molecule has 0 aliphatic heterocycles. The molecule has 2 N–H and O–H groups in total. The van der Waals surface area contributed by atoms with Gasteiger partial charge in [-0.3, -0.25) is 0 Å². The molecule has 3 heteroatoms. The number of benzene rings is 1. The van der Waals surface area contributed by atoms with Gasteiger partial charge in [0, 0.05) is 6.04 Å². The van der Waals surface area contributed by atoms with Gasteiger partial charge in [0.05, 0.1) is 12.7 Å². The van der Waals surface area contributed by atoms with E-state index in [1.165, 1.54) is 5.56 Å². The van der Waals surface area contributed by atoms with Crippen LogP contribution in [0.5, 0.6) is 5.75 Å². The van der Waals surface area contributed by atoms with Crippen LogP contribution in [-0.4, -0.2) is 24.4 Å². The number of hydrogen-bond donors (Lipinski definition) is 2. The Hall–Kier alpha value is -1.06. The summed E-state index contributed by atoms with van der Waals surface area (Å²) in [5.74, 6) is 1.66. The van der Waals surface area contributed by atoms with Crippen LogP contribution >= 0.6 is 0 Å². The van der Waals surface area contributed by atoms with Gasteiger partial charge in [-0.15, -0.1) is 0 Å². The van der Waals surface area contributed by atoms with Crippen molar-refractivity contribution in [1.82, 2.24) is 5.32 Å². The van der Waals surface area contributed by atoms with E-state index >= 15 is 0 Å². The number of hydrogen-bond acceptors (Lipinski definition) is 3. The molecule has 1 fully saturated rings. The Labute approximate surface area is 128 Å². The maximum atomic E-state index is 9.54. The third-order valence-corrected chi connectivity index (χ3v) is 4.38. The lowest BCUT2D eigenvalue weighted by atomic mass is 9.87. The predicted octanol–water partition coefficient (Wildman–Crippen LogP) is 3.68. The van der Waals surface area contributed by atoms with E-state index in [1.807, 2.05) is 0 Å². The average Bonchev–Trinajstić information content (AvgIpc) is 2.52. The monoisotopic (exact) mass is 291 g/mol. The molecule has 0 saturated heterocycles. The van der Waals surface area contributed by atoms with Crippen molar-refractivity contribution in [2.45, 2.75) is 58.1 Å². The van der Waals surface area contributed by atoms with Crippen molar-refractivity contribution in [2.24, 2.45) is 5.92 Å². The normalized spacial score (nSPS) is 23.8. The van der Waals surface area contributed by atoms with Crippen molar-refractivity contribution in [1.29, 1.82) is 0 Å². The van der Waals surface area contributed by atoms with Crippen LogP contribution in [0, 0.1) is 5.92 Å². The first kappa shape index (κ1) is 16.3. The zero-order chi connectivity index (χ0) is 15.1. The van der Waals surface area contributed by atoms with Gasteiger partial charge in [-0.05, 0) is 69.2 Å². The fourth-order valence-corrected chi connectivity index (χ4v) is 2.88. The summed E-state index contributed by atoms with van der Waals surface area (Å²) in [4.78, 5) is 0. The zero-order valence-corrected chi connectivity index (χ0v) is 13.3. The number of aliphatic hydroxyl groups is 1. The molecule has 3 nitrogen and oxygen atoms in total. The molecule has 1 unspecified atom stereocenters. The Bertz CT molecular complexity index is 396. The quantitative estimate of drug-likeness (QED) is 0.805. The highest BCUT2D eigenvalue weighted by Crippen LogP contribution is 2.24. The second kappa shape index (κ2) is 8.40. The third kappa shape index (κ3) is 5.33. The second-order valence-electron chi connectivity index (χ2n) is 6.22. The minimum absolute atomic E-state index is 0.0608. The van der Waals surface area contributed by atoms with Crippen molar-refractivity contribution >= 4 is 0 Å². The van der Waals surface area contributed by atoms with Crippen molar-refractivity contribution in [3.05, 3.63) is 29.8 Å². The fourth-order valence-electron chi connectivity index (χ4n) is 2.88. The van der Waals surface area contributed by atoms with Crippen LogP contribution in [0.3, 0.4) is 0 Å². The van der Waals surface area contributed by atoms with E-state index in [9.17, 15) is 5.11 Å². The van der Waals surface area contributed by atoms with Gasteiger partial charge < -0.3 is 15.2 Å². The van der Waals surface area contributed by atoms with Gasteiger partial charge in [-0.1, -0.05) is 19.1 Å². The molecule has 1 aromatic carbocycles. The van der Waals surface area contributed by atoms with E-state index < -0.39 is 0 Å². The van der Waals surface area contributed by atoms with E-state index in [2.05, 4.69) is 43.4 Å². The van der Waals surface area contributed by atoms with Crippen molar-refractivity contribution in [3.63, 3.8) is 0 Å². The maximum Gasteiger partial charge on any atom is 0.119 e. The van der Waals surface area contributed by atoms with Gasteiger partial charge in [0.2, 0.25) is 0 Å². The molecule has 21 heavy (non-hydrogen) atoms. The summed E-state index contributed by atoms with van der Waals surface area (Å²) in [7, 11) is 0. The molecule has 2 rings (SSSR count). The number of rotatable bonds is 7. The minimum atomic E-state index is -0.0608. The zero-order valence-electron chi connectivity index (χ0n) is 13.3. The van der Waals surface area contributed by atoms with Crippen molar-refractivity contribution < 1.29 is 9.84 Å². The minimum Gasteiger partial charge on any atom is -0.494 e. The summed E-state index contributed by atoms with van der Waals surface area (Å²) in [6, 6.07) is 8.76. The summed E-state index contributed by atoms with van der Waals surface area (Å²) < 4.78 is 5.61. The van der Waals surface area contributed by atoms with E-state index in [0.29, 0.717) is 12.0 Å². The summed E-state index contributed by atoms with van der Waals surface area (Å²) >= 11 is 0. The molecule has 0 bridgehead atoms. The Morgan fingerprint density at radius 2 is 1.86 bits per heavy atom. The van der Waals surface area contributed by atoms with Crippen LogP contribution in [0.4, 0.5) is 0 Å². The van der Waals surface area contributed by atoms with Crippen molar-refractivity contribution in [3.8, 4) is 5.75 Å². The van der Waals surface area contributed by atoms with Crippen molar-refractivity contribution in [2.75, 3.05) is 13.2 Å². The Kier molecular flexibility index (Phi) is 6.52. The molecule has 118 valence electrons. The lowest BCUT2D eigenvalue weighted by Crippen LogP contribution is -2.29. The summed E-state index contributed by atoms with van der Waals surface area (Å²) in [5, 5.41) is 13.2. The van der Waals surface area contributed by atoms with E-state index in [4.69, 9.17) is 4.74 Å². The van der Waals surface area contributed by atoms with Crippen LogP contribution in [0.2, 0.25) is 0 Å². The molecule has 1 aliphatic carbocycles. The smallest absolute Gasteiger partial charge is 0.119 e. The van der Waals surface area contributed by atoms with Crippen LogP contribution < -0.4 is 10.1 Å². The first-order valence-electron chi connectivity index (χ1n) is 8.33. The molecule has 0 heterocycles. The molecule has 0 spiro atoms. The molecule has 0 amide bonds. The number of aliphatic hydroxyl groups excluding tert-OH is 1. The average molecular weight is 291 g/mol. The molecule has 0 radical (unpaired) electrons. The Balaban J connectivity index is 1.76. The van der Waals surface area contributed by atoms with Gasteiger partial charge in [0.1, 0.15) is 5.75 Å². The summed E-state index contributed by atoms with van der Waals surface area (Å²) in [6.45, 7) is 6.15. The van der Waals surface area contributed by atoms with Gasteiger partial charge in [0.25, 0.3) is 0 Å². The third-order valence-electron chi connectivity index (χ3n) is 4.38. The molecular formula is C18H29NO2. The predicted molar refractivity (Wildman–Crippen MR) is 86.6 cm³/mol. The van der Waals surface area contributed by atoms with E-state index in [0.717, 1.165) is 51.0 Å². The van der Waals surface area contributed by atoms with E-state index in [-0.39, 0.29) is 6.10 Å². The molecule has 1 aliphatic rings. The van der Waals surface area contributed by atoms with Crippen LogP contribution in [0.25, 0.3) is 0 Å². The molecular weight excluding hydrogens is 262 g/mol. The molecule has 0 aromatic heterocycles. The number of nitrogens with one attached hydrogen (secondary N) is 1. The van der Waals surface area contributed by atoms with Crippen LogP contribution in [0.1, 0.15) is 57.6 Å². The summed E-state index contributed by atoms with van der Waals surface area (Å²) in [5.41, 5.74) is 1.30. The van der Waals surface area contributed by atoms with Crippen LogP contribution in [0.15, 0.2) is 24.3 Å². The lowest BCUT2D eigenvalue weighted by molar-refractivity contribution is 0.108. The Morgan fingerprint density at radius 1 is 1.19 bits per heavy atom. The first-order chi connectivity index (χ1) is 10.2. The summed E-state index contributed by atoms with van der Waals surface area (Å²) in [6.07, 6.45) is 5.19. The standard InChI is InChI=1S/C18H29NO2/c1-3-12-21-18-10-6-16(7-11-18)14(2)19-13-15-4-8-17(20)9-5-15/h6-7,10-11,14-15,17,19-20H,3-5,8-9,12-13H2,1-2H3. The molecule has 1 aromatic rings. The second-order valence-corrected chi connectivity index (χ2v) is 6.22. The van der Waals surface area contributed by atoms with Gasteiger partial charge >= 0.3 is 0 Å². The van der Waals surface area contributed by atoms with E-state index in [1.54, 1.807) is 0 Å². The topological polar surface area (TPSA) is 41.5 Å². The molecule has 1 saturated carbocycles. The highest BCUT2D eigenvalue weighted by Gasteiger charge is 2.19. The van der Waals surface area contributed by atoms with Gasteiger partial charge in [-0.25, -0.2) is 0 Å². The molecule has 1 atom stereocenters. The Morgan fingerprint density at radius 3 is 2.48 bits per heavy atom. The first-order valence-corrected chi connectivity index (χ1v) is 8.33. The largest absolute Gasteiger partial charge is 0.494 e. The lowest BCUT2D eigenvalue weighted by Gasteiger charge is -2.27. The fraction of sp³-hybridized carbons (Fsp3) is 0.667. The van der Waals surface area contributed by atoms with Crippen LogP contribution in [-0.2, 0) is 0 Å². The SMILES string of the molecule is CCCOc1ccc(C(C)NCC2CCC(O)CC2)cc1. The highest BCUT2D eigenvalue weighted by molar-refractivity contribution is 5.28.